The summed E-state index contributed by atoms with van der Waals surface area (Å²) in [5.74, 6) is 0. The van der Waals surface area contributed by atoms with E-state index in [2.05, 4.69) is 34.8 Å². The summed E-state index contributed by atoms with van der Waals surface area (Å²) in [5, 5.41) is 12.8. The van der Waals surface area contributed by atoms with Crippen molar-refractivity contribution in [2.45, 2.75) is 57.7 Å². The highest BCUT2D eigenvalue weighted by atomic mass is 15.1. The zero-order valence-corrected chi connectivity index (χ0v) is 10.6. The van der Waals surface area contributed by atoms with E-state index in [1.165, 1.54) is 25.7 Å². The number of nitriles is 1. The van der Waals surface area contributed by atoms with Crippen LogP contribution in [0.25, 0.3) is 0 Å². The molecule has 1 atom stereocenters. The fourth-order valence-corrected chi connectivity index (χ4v) is 2.49. The molecular formula is C13H20N4. The summed E-state index contributed by atoms with van der Waals surface area (Å²) in [5.41, 5.74) is 0.981. The van der Waals surface area contributed by atoms with Gasteiger partial charge in [-0.15, -0.1) is 0 Å². The van der Waals surface area contributed by atoms with E-state index in [0.717, 1.165) is 5.69 Å². The largest absolute Gasteiger partial charge is 0.330 e. The van der Waals surface area contributed by atoms with Gasteiger partial charge in [0.1, 0.15) is 6.04 Å². The molecule has 4 nitrogen and oxygen atoms in total. The van der Waals surface area contributed by atoms with E-state index >= 15 is 0 Å². The van der Waals surface area contributed by atoms with Crippen LogP contribution in [0.1, 0.15) is 57.3 Å². The monoisotopic (exact) mass is 232 g/mol. The van der Waals surface area contributed by atoms with Crippen molar-refractivity contribution >= 4 is 0 Å². The lowest BCUT2D eigenvalue weighted by Crippen LogP contribution is -2.31. The average molecular weight is 232 g/mol. The van der Waals surface area contributed by atoms with Gasteiger partial charge in [0.2, 0.25) is 0 Å². The first-order valence-corrected chi connectivity index (χ1v) is 6.39. The van der Waals surface area contributed by atoms with Crippen LogP contribution in [0.2, 0.25) is 0 Å². The summed E-state index contributed by atoms with van der Waals surface area (Å²) < 4.78 is 2.07. The Morgan fingerprint density at radius 2 is 2.18 bits per heavy atom. The van der Waals surface area contributed by atoms with Gasteiger partial charge < -0.3 is 4.57 Å². The standard InChI is InChI=1S/C13H20N4/c1-10(2)17-9-15-8-13(17)12(7-14)16-11-5-3-4-6-11/h8-12,16H,3-6H2,1-2H3. The second-order valence-corrected chi connectivity index (χ2v) is 5.03. The van der Waals surface area contributed by atoms with Gasteiger partial charge in [-0.05, 0) is 26.7 Å². The Morgan fingerprint density at radius 3 is 2.76 bits per heavy atom. The van der Waals surface area contributed by atoms with Gasteiger partial charge in [0.05, 0.1) is 24.3 Å². The molecule has 1 fully saturated rings. The maximum atomic E-state index is 9.31. The summed E-state index contributed by atoms with van der Waals surface area (Å²) in [6.07, 6.45) is 8.54. The molecule has 0 saturated heterocycles. The summed E-state index contributed by atoms with van der Waals surface area (Å²) in [7, 11) is 0. The second kappa shape index (κ2) is 5.33. The third-order valence-electron chi connectivity index (χ3n) is 3.43. The van der Waals surface area contributed by atoms with Crippen LogP contribution < -0.4 is 5.32 Å². The molecule has 0 radical (unpaired) electrons. The van der Waals surface area contributed by atoms with Gasteiger partial charge in [0.25, 0.3) is 0 Å². The average Bonchev–Trinajstić information content (AvgIpc) is 2.96. The molecule has 0 spiro atoms. The fourth-order valence-electron chi connectivity index (χ4n) is 2.49. The third kappa shape index (κ3) is 2.67. The number of hydrogen-bond donors (Lipinski definition) is 1. The molecule has 0 aromatic carbocycles. The van der Waals surface area contributed by atoms with Crippen molar-refractivity contribution in [1.29, 1.82) is 5.26 Å². The van der Waals surface area contributed by atoms with Gasteiger partial charge in [-0.2, -0.15) is 5.26 Å². The van der Waals surface area contributed by atoms with E-state index in [4.69, 9.17) is 0 Å². The van der Waals surface area contributed by atoms with E-state index in [-0.39, 0.29) is 6.04 Å². The highest BCUT2D eigenvalue weighted by molar-refractivity contribution is 5.15. The van der Waals surface area contributed by atoms with Crippen molar-refractivity contribution in [1.82, 2.24) is 14.9 Å². The summed E-state index contributed by atoms with van der Waals surface area (Å²) >= 11 is 0. The van der Waals surface area contributed by atoms with Gasteiger partial charge in [-0.1, -0.05) is 12.8 Å². The van der Waals surface area contributed by atoms with Gasteiger partial charge in [0.15, 0.2) is 0 Å². The number of imidazole rings is 1. The third-order valence-corrected chi connectivity index (χ3v) is 3.43. The molecule has 1 heterocycles. The van der Waals surface area contributed by atoms with Gasteiger partial charge in [-0.25, -0.2) is 4.98 Å². The van der Waals surface area contributed by atoms with Crippen molar-refractivity contribution < 1.29 is 0 Å². The number of nitrogens with one attached hydrogen (secondary N) is 1. The van der Waals surface area contributed by atoms with Gasteiger partial charge >= 0.3 is 0 Å². The SMILES string of the molecule is CC(C)n1cncc1C(C#N)NC1CCCC1. The van der Waals surface area contributed by atoms with Crippen LogP contribution in [0.4, 0.5) is 0 Å². The van der Waals surface area contributed by atoms with E-state index in [1.807, 2.05) is 0 Å². The molecule has 0 amide bonds. The Bertz CT molecular complexity index is 396. The van der Waals surface area contributed by atoms with Crippen LogP contribution in [0.15, 0.2) is 12.5 Å². The smallest absolute Gasteiger partial charge is 0.138 e. The predicted molar refractivity (Wildman–Crippen MR) is 66.4 cm³/mol. The highest BCUT2D eigenvalue weighted by Crippen LogP contribution is 2.23. The normalized spacial score (nSPS) is 18.5. The van der Waals surface area contributed by atoms with E-state index in [0.29, 0.717) is 12.1 Å². The second-order valence-electron chi connectivity index (χ2n) is 5.03. The topological polar surface area (TPSA) is 53.6 Å². The number of aromatic nitrogens is 2. The lowest BCUT2D eigenvalue weighted by atomic mass is 10.1. The van der Waals surface area contributed by atoms with Crippen LogP contribution in [0.3, 0.4) is 0 Å². The first-order chi connectivity index (χ1) is 8.22. The van der Waals surface area contributed by atoms with Crippen molar-refractivity contribution in [3.05, 3.63) is 18.2 Å². The van der Waals surface area contributed by atoms with Crippen LogP contribution >= 0.6 is 0 Å². The van der Waals surface area contributed by atoms with Crippen molar-refractivity contribution in [3.63, 3.8) is 0 Å². The minimum atomic E-state index is -0.233. The summed E-state index contributed by atoms with van der Waals surface area (Å²) in [6, 6.07) is 2.96. The van der Waals surface area contributed by atoms with Crippen LogP contribution in [0.5, 0.6) is 0 Å². The maximum Gasteiger partial charge on any atom is 0.138 e. The maximum absolute atomic E-state index is 9.31. The zero-order valence-electron chi connectivity index (χ0n) is 10.6. The van der Waals surface area contributed by atoms with Crippen molar-refractivity contribution in [2.75, 3.05) is 0 Å². The molecule has 0 bridgehead atoms. The Hall–Kier alpha value is -1.34. The number of hydrogen-bond acceptors (Lipinski definition) is 3. The van der Waals surface area contributed by atoms with Crippen LogP contribution in [0, 0.1) is 11.3 Å². The molecule has 1 saturated carbocycles. The number of nitrogens with zero attached hydrogens (tertiary/aromatic N) is 3. The first kappa shape index (κ1) is 12.1. The summed E-state index contributed by atoms with van der Waals surface area (Å²) in [4.78, 5) is 4.16. The molecule has 1 aromatic heterocycles. The first-order valence-electron chi connectivity index (χ1n) is 6.39. The van der Waals surface area contributed by atoms with Crippen molar-refractivity contribution in [3.8, 4) is 6.07 Å². The quantitative estimate of drug-likeness (QED) is 0.868. The Morgan fingerprint density at radius 1 is 1.47 bits per heavy atom. The molecule has 1 aliphatic carbocycles. The molecule has 4 heteroatoms. The van der Waals surface area contributed by atoms with E-state index in [9.17, 15) is 5.26 Å². The van der Waals surface area contributed by atoms with Gasteiger partial charge in [-0.3, -0.25) is 5.32 Å². The molecule has 1 unspecified atom stereocenters. The molecule has 17 heavy (non-hydrogen) atoms. The predicted octanol–water partition coefficient (Wildman–Crippen LogP) is 2.56. The van der Waals surface area contributed by atoms with E-state index in [1.54, 1.807) is 12.5 Å². The lowest BCUT2D eigenvalue weighted by molar-refractivity contribution is 0.461. The lowest BCUT2D eigenvalue weighted by Gasteiger charge is -2.20. The molecule has 1 aromatic rings. The molecule has 92 valence electrons. The van der Waals surface area contributed by atoms with Crippen LogP contribution in [-0.4, -0.2) is 15.6 Å². The Labute approximate surface area is 103 Å². The molecule has 2 rings (SSSR count). The molecule has 0 aliphatic heterocycles. The van der Waals surface area contributed by atoms with Crippen LogP contribution in [-0.2, 0) is 0 Å². The highest BCUT2D eigenvalue weighted by Gasteiger charge is 2.22. The Balaban J connectivity index is 2.11. The summed E-state index contributed by atoms with van der Waals surface area (Å²) in [6.45, 7) is 4.21. The minimum Gasteiger partial charge on any atom is -0.330 e. The zero-order chi connectivity index (χ0) is 12.3. The minimum absolute atomic E-state index is 0.233. The molecular weight excluding hydrogens is 212 g/mol. The van der Waals surface area contributed by atoms with Gasteiger partial charge in [0, 0.05) is 12.1 Å². The van der Waals surface area contributed by atoms with E-state index < -0.39 is 0 Å². The molecule has 1 N–H and O–H groups in total. The van der Waals surface area contributed by atoms with Crippen molar-refractivity contribution in [2.24, 2.45) is 0 Å². The molecule has 1 aliphatic rings. The Kier molecular flexibility index (Phi) is 3.80. The number of rotatable bonds is 4. The fraction of sp³-hybridized carbons (Fsp3) is 0.692.